The number of aliphatic hydroxyl groups excluding tert-OH is 2. The topological polar surface area (TPSA) is 165 Å². The van der Waals surface area contributed by atoms with E-state index in [1.165, 1.54) is 12.1 Å². The lowest BCUT2D eigenvalue weighted by molar-refractivity contribution is -0.133. The SMILES string of the molecule is CC(C)C[C@H](NC(=O)C(O)c1cccc2ccccc12)[C@H](O)CC(=O)N[C@H](C(=O)NCc1ccc(C(=O)O)cc1)C(C)C. The van der Waals surface area contributed by atoms with Gasteiger partial charge in [-0.25, -0.2) is 4.79 Å². The smallest absolute Gasteiger partial charge is 0.335 e. The Morgan fingerprint density at radius 2 is 1.44 bits per heavy atom. The minimum absolute atomic E-state index is 0.0662. The highest BCUT2D eigenvalue weighted by Gasteiger charge is 2.30. The summed E-state index contributed by atoms with van der Waals surface area (Å²) in [5.74, 6) is -2.92. The van der Waals surface area contributed by atoms with Gasteiger partial charge in [-0.15, -0.1) is 0 Å². The maximum Gasteiger partial charge on any atom is 0.335 e. The van der Waals surface area contributed by atoms with Crippen molar-refractivity contribution in [1.29, 1.82) is 0 Å². The van der Waals surface area contributed by atoms with E-state index in [1.54, 1.807) is 38.1 Å². The molecule has 0 spiro atoms. The lowest BCUT2D eigenvalue weighted by atomic mass is 9.95. The van der Waals surface area contributed by atoms with E-state index in [-0.39, 0.29) is 30.4 Å². The number of hydrogen-bond acceptors (Lipinski definition) is 6. The molecule has 0 radical (unpaired) electrons. The standard InChI is InChI=1S/C33H41N3O7/c1-19(2)16-26(35-32(41)30(39)25-11-7-9-22-8-5-6-10-24(22)25)27(37)17-28(38)36-29(20(3)4)31(40)34-18-21-12-14-23(15-13-21)33(42)43/h5-15,19-20,26-27,29-30,37,39H,16-18H2,1-4H3,(H,34,40)(H,35,41)(H,36,38)(H,42,43)/t26-,27+,29-,30?/m0/s1. The monoisotopic (exact) mass is 591 g/mol. The fourth-order valence-electron chi connectivity index (χ4n) is 4.88. The van der Waals surface area contributed by atoms with Crippen LogP contribution in [0.2, 0.25) is 0 Å². The first-order valence-corrected chi connectivity index (χ1v) is 14.4. The molecule has 0 saturated heterocycles. The Balaban J connectivity index is 1.62. The molecule has 230 valence electrons. The zero-order valence-electron chi connectivity index (χ0n) is 24.9. The Hall–Kier alpha value is -4.28. The average molecular weight is 592 g/mol. The van der Waals surface area contributed by atoms with Crippen LogP contribution in [0, 0.1) is 11.8 Å². The number of carbonyl (C=O) groups excluding carboxylic acids is 3. The second-order valence-corrected chi connectivity index (χ2v) is 11.5. The Labute approximate surface area is 251 Å². The van der Waals surface area contributed by atoms with Crippen molar-refractivity contribution in [1.82, 2.24) is 16.0 Å². The Morgan fingerprint density at radius 3 is 2.07 bits per heavy atom. The van der Waals surface area contributed by atoms with E-state index in [0.717, 1.165) is 10.8 Å². The lowest BCUT2D eigenvalue weighted by Gasteiger charge is -2.28. The van der Waals surface area contributed by atoms with Gasteiger partial charge in [-0.1, -0.05) is 82.3 Å². The third kappa shape index (κ3) is 9.36. The first kappa shape index (κ1) is 33.2. The van der Waals surface area contributed by atoms with Crippen LogP contribution in [0.15, 0.2) is 66.7 Å². The number of fused-ring (bicyclic) bond motifs is 1. The third-order valence-corrected chi connectivity index (χ3v) is 7.21. The molecule has 6 N–H and O–H groups in total. The molecule has 0 aromatic heterocycles. The van der Waals surface area contributed by atoms with E-state index in [2.05, 4.69) is 16.0 Å². The molecule has 1 unspecified atom stereocenters. The van der Waals surface area contributed by atoms with Crippen molar-refractivity contribution in [3.8, 4) is 0 Å². The zero-order valence-corrected chi connectivity index (χ0v) is 24.9. The van der Waals surface area contributed by atoms with Crippen molar-refractivity contribution in [2.24, 2.45) is 11.8 Å². The molecular weight excluding hydrogens is 550 g/mol. The maximum absolute atomic E-state index is 13.1. The summed E-state index contributed by atoms with van der Waals surface area (Å²) in [6, 6.07) is 17.1. The summed E-state index contributed by atoms with van der Waals surface area (Å²) in [7, 11) is 0. The summed E-state index contributed by atoms with van der Waals surface area (Å²) >= 11 is 0. The molecule has 0 aliphatic heterocycles. The number of nitrogens with one attached hydrogen (secondary N) is 3. The molecule has 0 fully saturated rings. The summed E-state index contributed by atoms with van der Waals surface area (Å²) in [6.07, 6.45) is -2.75. The van der Waals surface area contributed by atoms with E-state index in [4.69, 9.17) is 5.11 Å². The van der Waals surface area contributed by atoms with E-state index >= 15 is 0 Å². The van der Waals surface area contributed by atoms with E-state index in [1.807, 2.05) is 44.2 Å². The minimum Gasteiger partial charge on any atom is -0.478 e. The van der Waals surface area contributed by atoms with Gasteiger partial charge in [0, 0.05) is 6.54 Å². The summed E-state index contributed by atoms with van der Waals surface area (Å²) in [6.45, 7) is 7.53. The van der Waals surface area contributed by atoms with Crippen molar-refractivity contribution in [2.45, 2.75) is 71.4 Å². The Bertz CT molecular complexity index is 1420. The van der Waals surface area contributed by atoms with Gasteiger partial charge in [0.1, 0.15) is 6.04 Å². The summed E-state index contributed by atoms with van der Waals surface area (Å²) < 4.78 is 0. The molecule has 3 rings (SSSR count). The number of aliphatic hydroxyl groups is 2. The summed E-state index contributed by atoms with van der Waals surface area (Å²) in [4.78, 5) is 50.0. The van der Waals surface area contributed by atoms with Gasteiger partial charge < -0.3 is 31.3 Å². The fraction of sp³-hybridized carbons (Fsp3) is 0.394. The van der Waals surface area contributed by atoms with Crippen LogP contribution in [0.4, 0.5) is 0 Å². The number of rotatable bonds is 14. The second kappa shape index (κ2) is 15.3. The highest BCUT2D eigenvalue weighted by Crippen LogP contribution is 2.25. The van der Waals surface area contributed by atoms with Crippen LogP contribution < -0.4 is 16.0 Å². The first-order valence-electron chi connectivity index (χ1n) is 14.4. The van der Waals surface area contributed by atoms with Gasteiger partial charge >= 0.3 is 5.97 Å². The number of amides is 3. The normalized spacial score (nSPS) is 14.1. The van der Waals surface area contributed by atoms with Gasteiger partial charge in [0.25, 0.3) is 5.91 Å². The van der Waals surface area contributed by atoms with E-state index in [9.17, 15) is 29.4 Å². The van der Waals surface area contributed by atoms with Crippen LogP contribution in [0.1, 0.15) is 68.1 Å². The van der Waals surface area contributed by atoms with Gasteiger partial charge in [0.15, 0.2) is 6.10 Å². The quantitative estimate of drug-likeness (QED) is 0.167. The summed E-state index contributed by atoms with van der Waals surface area (Å²) in [5, 5.41) is 40.7. The fourth-order valence-corrected chi connectivity index (χ4v) is 4.88. The number of hydrogen-bond donors (Lipinski definition) is 6. The molecule has 10 nitrogen and oxygen atoms in total. The molecule has 0 heterocycles. The predicted molar refractivity (Wildman–Crippen MR) is 163 cm³/mol. The molecule has 43 heavy (non-hydrogen) atoms. The Morgan fingerprint density at radius 1 is 0.791 bits per heavy atom. The van der Waals surface area contributed by atoms with Crippen molar-refractivity contribution < 1.29 is 34.5 Å². The molecular formula is C33H41N3O7. The minimum atomic E-state index is -1.48. The molecule has 4 atom stereocenters. The highest BCUT2D eigenvalue weighted by molar-refractivity contribution is 5.92. The van der Waals surface area contributed by atoms with Gasteiger partial charge in [-0.3, -0.25) is 14.4 Å². The van der Waals surface area contributed by atoms with Crippen molar-refractivity contribution in [2.75, 3.05) is 0 Å². The third-order valence-electron chi connectivity index (χ3n) is 7.21. The second-order valence-electron chi connectivity index (χ2n) is 11.5. The van der Waals surface area contributed by atoms with Crippen LogP contribution in [0.5, 0.6) is 0 Å². The number of benzene rings is 3. The molecule has 10 heteroatoms. The molecule has 3 amide bonds. The van der Waals surface area contributed by atoms with Crippen LogP contribution in [-0.2, 0) is 20.9 Å². The maximum atomic E-state index is 13.1. The summed E-state index contributed by atoms with van der Waals surface area (Å²) in [5.41, 5.74) is 1.27. The van der Waals surface area contributed by atoms with Crippen LogP contribution >= 0.6 is 0 Å². The number of carboxylic acids is 1. The lowest BCUT2D eigenvalue weighted by Crippen LogP contribution is -2.52. The molecule has 0 aliphatic rings. The molecule has 0 bridgehead atoms. The first-order chi connectivity index (χ1) is 20.4. The van der Waals surface area contributed by atoms with Crippen LogP contribution in [0.25, 0.3) is 10.8 Å². The highest BCUT2D eigenvalue weighted by atomic mass is 16.4. The van der Waals surface area contributed by atoms with E-state index < -0.39 is 48.0 Å². The largest absolute Gasteiger partial charge is 0.478 e. The number of aromatic carboxylic acids is 1. The Kier molecular flexibility index (Phi) is 11.8. The van der Waals surface area contributed by atoms with Gasteiger partial charge in [-0.2, -0.15) is 0 Å². The van der Waals surface area contributed by atoms with Crippen LogP contribution in [-0.4, -0.2) is 57.2 Å². The van der Waals surface area contributed by atoms with Gasteiger partial charge in [-0.05, 0) is 52.3 Å². The molecule has 0 saturated carbocycles. The van der Waals surface area contributed by atoms with E-state index in [0.29, 0.717) is 17.5 Å². The van der Waals surface area contributed by atoms with Crippen molar-refractivity contribution >= 4 is 34.5 Å². The molecule has 3 aromatic carbocycles. The van der Waals surface area contributed by atoms with Gasteiger partial charge in [0.2, 0.25) is 11.8 Å². The van der Waals surface area contributed by atoms with Crippen molar-refractivity contribution in [3.05, 3.63) is 83.4 Å². The van der Waals surface area contributed by atoms with Crippen LogP contribution in [0.3, 0.4) is 0 Å². The zero-order chi connectivity index (χ0) is 31.7. The average Bonchev–Trinajstić information content (AvgIpc) is 2.97. The predicted octanol–water partition coefficient (Wildman–Crippen LogP) is 3.31. The van der Waals surface area contributed by atoms with Crippen molar-refractivity contribution in [3.63, 3.8) is 0 Å². The molecule has 0 aliphatic carbocycles. The number of carbonyl (C=O) groups is 4. The number of carboxylic acid groups (broad SMARTS) is 1. The molecule has 3 aromatic rings. The van der Waals surface area contributed by atoms with Gasteiger partial charge in [0.05, 0.1) is 24.1 Å².